The van der Waals surface area contributed by atoms with Gasteiger partial charge in [0.15, 0.2) is 44.0 Å². The van der Waals surface area contributed by atoms with Crippen LogP contribution >= 0.6 is 0 Å². The van der Waals surface area contributed by atoms with Crippen LogP contribution in [0.15, 0.2) is 160 Å². The van der Waals surface area contributed by atoms with E-state index in [0.717, 1.165) is 84.2 Å². The Morgan fingerprint density at radius 3 is 1.53 bits per heavy atom. The van der Waals surface area contributed by atoms with Crippen LogP contribution in [0.5, 0.6) is 23.0 Å². The number of halogens is 2. The number of benzene rings is 6. The van der Waals surface area contributed by atoms with Crippen LogP contribution in [-0.2, 0) is 40.0 Å². The number of esters is 1. The van der Waals surface area contributed by atoms with Gasteiger partial charge in [0.25, 0.3) is 0 Å². The van der Waals surface area contributed by atoms with Crippen LogP contribution in [0.3, 0.4) is 0 Å². The maximum Gasteiger partial charge on any atom is 0.367 e. The Kier molecular flexibility index (Phi) is 25.3. The molecule has 510 valence electrons. The first-order chi connectivity index (χ1) is 45.0. The Bertz CT molecular complexity index is 3340. The van der Waals surface area contributed by atoms with E-state index in [2.05, 4.69) is 176 Å². The average Bonchev–Trinajstić information content (AvgIpc) is 1.06. The summed E-state index contributed by atoms with van der Waals surface area (Å²) in [7, 11) is -5.99. The topological polar surface area (TPSA) is 150 Å². The van der Waals surface area contributed by atoms with Crippen LogP contribution in [0.1, 0.15) is 191 Å². The number of phenolic OH excluding ortho intramolecular Hbond substituents is 1. The Morgan fingerprint density at radius 2 is 1.06 bits per heavy atom. The molecule has 6 aromatic rings. The predicted molar refractivity (Wildman–Crippen MR) is 368 cm³/mol. The Morgan fingerprint density at radius 1 is 0.606 bits per heavy atom. The molecular weight excluding hydrogens is 1230 g/mol. The molecule has 1 N–H and O–H groups in total. The van der Waals surface area contributed by atoms with Crippen molar-refractivity contribution in [2.45, 2.75) is 216 Å². The first-order valence-corrected chi connectivity index (χ1v) is 37.3. The van der Waals surface area contributed by atoms with Gasteiger partial charge in [-0.1, -0.05) is 121 Å². The van der Waals surface area contributed by atoms with Crippen molar-refractivity contribution in [1.29, 1.82) is 0 Å². The quantitative estimate of drug-likeness (QED) is 0.0203. The summed E-state index contributed by atoms with van der Waals surface area (Å²) in [5.74, 6) is 9.06. The Labute approximate surface area is 562 Å². The number of rotatable bonds is 24. The average molecular weight is 1330 g/mol. The van der Waals surface area contributed by atoms with Gasteiger partial charge in [-0.05, 0) is 259 Å². The fraction of sp³-hybridized carbons (Fsp3) is 0.532. The van der Waals surface area contributed by atoms with Crippen LogP contribution in [0, 0.1) is 60.7 Å². The number of carbonyl (C=O) groups is 1. The van der Waals surface area contributed by atoms with Crippen molar-refractivity contribution in [2.75, 3.05) is 19.8 Å². The fourth-order valence-electron chi connectivity index (χ4n) is 16.0. The van der Waals surface area contributed by atoms with E-state index in [1.807, 2.05) is 31.2 Å². The molecule has 0 spiro atoms. The SMILES string of the molecule is CCC(C)c1ccc(O)cc1.CCC(C)c1ccc(OC(C)OC2CC3CC2C2CCCC32)cc1.CCC(C)c1ccc(OC(C)OCCOc2c(C)cc([S+](c3ccccc3)c3ccccc3)cc2C)cc1.O=C(OCC(F)(F)S(=O)(=O)[O-])C12CC3CC(CC(C3)C1)C2. The summed E-state index contributed by atoms with van der Waals surface area (Å²) in [6.45, 7) is 20.8. The third kappa shape index (κ3) is 18.6. The second-order valence-corrected chi connectivity index (χ2v) is 31.3. The zero-order chi connectivity index (χ0) is 67.3. The summed E-state index contributed by atoms with van der Waals surface area (Å²) < 4.78 is 92.3. The zero-order valence-corrected chi connectivity index (χ0v) is 58.6. The smallest absolute Gasteiger partial charge is 0.367 e. The summed E-state index contributed by atoms with van der Waals surface area (Å²) in [4.78, 5) is 16.1. The number of aromatic hydroxyl groups is 1. The minimum atomic E-state index is -5.81. The molecule has 7 aliphatic rings. The number of hydrogen-bond donors (Lipinski definition) is 1. The van der Waals surface area contributed by atoms with E-state index in [1.165, 1.54) is 69.9 Å². The molecule has 6 aromatic carbocycles. The minimum absolute atomic E-state index is 0.149. The monoisotopic (exact) mass is 1330 g/mol. The van der Waals surface area contributed by atoms with Crippen molar-refractivity contribution in [1.82, 2.24) is 0 Å². The first-order valence-electron chi connectivity index (χ1n) is 34.6. The highest BCUT2D eigenvalue weighted by Crippen LogP contribution is 2.61. The van der Waals surface area contributed by atoms with Gasteiger partial charge in [0.2, 0.25) is 0 Å². The number of hydrogen-bond acceptors (Lipinski definition) is 11. The molecule has 7 saturated carbocycles. The second kappa shape index (κ2) is 32.8. The van der Waals surface area contributed by atoms with Crippen LogP contribution in [0.2, 0.25) is 0 Å². The number of carbonyl (C=O) groups excluding carboxylic acids is 1. The molecule has 7 fully saturated rings. The highest BCUT2D eigenvalue weighted by molar-refractivity contribution is 7.97. The van der Waals surface area contributed by atoms with E-state index in [9.17, 15) is 26.5 Å². The van der Waals surface area contributed by atoms with Gasteiger partial charge in [-0.3, -0.25) is 4.79 Å². The first kappa shape index (κ1) is 72.3. The van der Waals surface area contributed by atoms with Crippen LogP contribution in [0.25, 0.3) is 0 Å². The molecule has 0 amide bonds. The number of aryl methyl sites for hydroxylation is 2. The lowest BCUT2D eigenvalue weighted by Crippen LogP contribution is -2.51. The van der Waals surface area contributed by atoms with Crippen molar-refractivity contribution in [3.63, 3.8) is 0 Å². The lowest BCUT2D eigenvalue weighted by atomic mass is 9.49. The number of ether oxygens (including phenoxy) is 6. The molecule has 15 heteroatoms. The molecule has 94 heavy (non-hydrogen) atoms. The molecule has 0 aliphatic heterocycles. The summed E-state index contributed by atoms with van der Waals surface area (Å²) in [5.41, 5.74) is 5.55. The summed E-state index contributed by atoms with van der Waals surface area (Å²) in [5, 5.41) is 4.45. The number of phenols is 1. The summed E-state index contributed by atoms with van der Waals surface area (Å²) >= 11 is 0. The zero-order valence-electron chi connectivity index (χ0n) is 57.0. The summed E-state index contributed by atoms with van der Waals surface area (Å²) in [6.07, 6.45) is 15.6. The molecule has 11 nitrogen and oxygen atoms in total. The molecule has 10 unspecified atom stereocenters. The van der Waals surface area contributed by atoms with Crippen molar-refractivity contribution >= 4 is 27.0 Å². The van der Waals surface area contributed by atoms with Gasteiger partial charge in [-0.25, -0.2) is 8.42 Å². The maximum atomic E-state index is 13.1. The van der Waals surface area contributed by atoms with Gasteiger partial charge >= 0.3 is 11.2 Å². The van der Waals surface area contributed by atoms with Crippen molar-refractivity contribution < 1.29 is 60.1 Å². The Hall–Kier alpha value is -5.97. The predicted octanol–water partition coefficient (Wildman–Crippen LogP) is 19.3. The van der Waals surface area contributed by atoms with Crippen LogP contribution in [-0.4, -0.2) is 67.8 Å². The normalized spacial score (nSPS) is 24.6. The van der Waals surface area contributed by atoms with Crippen molar-refractivity contribution in [2.24, 2.45) is 46.8 Å². The number of fused-ring (bicyclic) bond motifs is 5. The third-order valence-electron chi connectivity index (χ3n) is 21.1. The lowest BCUT2D eigenvalue weighted by Gasteiger charge is -2.55. The molecule has 0 heterocycles. The third-order valence-corrected chi connectivity index (χ3v) is 24.1. The van der Waals surface area contributed by atoms with Crippen LogP contribution < -0.4 is 14.2 Å². The molecule has 6 bridgehead atoms. The Balaban J connectivity index is 0.000000160. The molecule has 7 aliphatic carbocycles. The van der Waals surface area contributed by atoms with Crippen molar-refractivity contribution in [3.8, 4) is 23.0 Å². The van der Waals surface area contributed by atoms with Gasteiger partial charge in [0, 0.05) is 12.1 Å². The van der Waals surface area contributed by atoms with Gasteiger partial charge in [-0.2, -0.15) is 8.78 Å². The van der Waals surface area contributed by atoms with E-state index in [0.29, 0.717) is 79.8 Å². The lowest BCUT2D eigenvalue weighted by molar-refractivity contribution is -0.176. The maximum absolute atomic E-state index is 13.1. The van der Waals surface area contributed by atoms with Gasteiger partial charge in [0.1, 0.15) is 29.6 Å². The standard InChI is InChI=1S/C34H39O3S.C22H32O2.C13H18F2O5S.C10H14O/c1-6-25(2)29-17-19-30(20-18-29)37-28(5)35-21-22-36-34-26(3)23-33(24-27(34)4)38(31-13-9-7-10-14-31)32-15-11-8-12-16-32;1-4-14(2)16-8-10-18(11-9-16)23-15(3)24-22-13-17-12-21(22)20-7-5-6-19(17)20;14-13(15,21(17,18)19)7-20-11(16)12-4-8-1-9(5-12)3-10(2-8)6-12;1-3-8(2)9-4-6-10(11)7-5-9/h7-20,23-25,28H,6,21-22H2,1-5H3;8-11,14-15,17,19-22H,4-7,12-13H2,1-3H3;8-10H,1-7H2,(H,17,18,19);4-8,11H,3H2,1-2H3/q+1;;;/p-1. The fourth-order valence-corrected chi connectivity index (χ4v) is 18.5. The van der Waals surface area contributed by atoms with Crippen molar-refractivity contribution in [3.05, 3.63) is 173 Å². The van der Waals surface area contributed by atoms with Crippen LogP contribution in [0.4, 0.5) is 8.78 Å². The highest BCUT2D eigenvalue weighted by atomic mass is 32.2. The van der Waals surface area contributed by atoms with E-state index >= 15 is 0 Å². The van der Waals surface area contributed by atoms with E-state index in [4.69, 9.17) is 28.8 Å². The van der Waals surface area contributed by atoms with Gasteiger partial charge in [-0.15, -0.1) is 0 Å². The molecule has 13 rings (SSSR count). The van der Waals surface area contributed by atoms with E-state index < -0.39 is 33.4 Å². The molecular formula is C79H102F2O11S2. The minimum Gasteiger partial charge on any atom is -0.743 e. The largest absolute Gasteiger partial charge is 0.743 e. The van der Waals surface area contributed by atoms with Gasteiger partial charge in [0.05, 0.1) is 29.0 Å². The molecule has 0 aromatic heterocycles. The molecule has 0 radical (unpaired) electrons. The molecule has 10 atom stereocenters. The van der Waals surface area contributed by atoms with E-state index in [-0.39, 0.29) is 23.5 Å². The second-order valence-electron chi connectivity index (χ2n) is 27.8. The van der Waals surface area contributed by atoms with Gasteiger partial charge < -0.3 is 38.1 Å². The summed E-state index contributed by atoms with van der Waals surface area (Å²) in [6, 6.07) is 50.3. The number of alkyl halides is 2. The highest BCUT2D eigenvalue weighted by Gasteiger charge is 2.57. The van der Waals surface area contributed by atoms with E-state index in [1.54, 1.807) is 12.1 Å². The molecule has 0 saturated heterocycles.